The van der Waals surface area contributed by atoms with Crippen LogP contribution in [-0.4, -0.2) is 19.1 Å². The van der Waals surface area contributed by atoms with Crippen LogP contribution in [0, 0.1) is 0 Å². The number of nitrogens with one attached hydrogen (secondary N) is 1. The van der Waals surface area contributed by atoms with Gasteiger partial charge in [0.25, 0.3) is 5.92 Å². The number of alkyl halides is 5. The lowest BCUT2D eigenvalue weighted by atomic mass is 10.1. The fourth-order valence-electron chi connectivity index (χ4n) is 2.40. The summed E-state index contributed by atoms with van der Waals surface area (Å²) in [5.41, 5.74) is 0.248. The number of halogens is 6. The molecule has 2 aromatic rings. The summed E-state index contributed by atoms with van der Waals surface area (Å²) in [7, 11) is 0. The number of benzene rings is 2. The molecule has 0 saturated heterocycles. The summed E-state index contributed by atoms with van der Waals surface area (Å²) in [4.78, 5) is 0. The zero-order valence-corrected chi connectivity index (χ0v) is 15.3. The van der Waals surface area contributed by atoms with Gasteiger partial charge in [-0.3, -0.25) is 0 Å². The van der Waals surface area contributed by atoms with Gasteiger partial charge in [-0.2, -0.15) is 13.2 Å². The van der Waals surface area contributed by atoms with Crippen molar-refractivity contribution in [3.8, 4) is 5.75 Å². The van der Waals surface area contributed by atoms with Gasteiger partial charge in [0, 0.05) is 11.6 Å². The third-order valence-corrected chi connectivity index (χ3v) is 4.18. The number of hydrogen-bond donors (Lipinski definition) is 1. The van der Waals surface area contributed by atoms with Crippen LogP contribution in [-0.2, 0) is 19.1 Å². The predicted octanol–water partition coefficient (Wildman–Crippen LogP) is 5.73. The molecule has 0 bridgehead atoms. The molecular weight excluding hydrogens is 389 g/mol. The highest BCUT2D eigenvalue weighted by Gasteiger charge is 2.31. The molecule has 0 amide bonds. The fraction of sp³-hybridized carbons (Fsp3) is 0.368. The average Bonchev–Trinajstić information content (AvgIpc) is 2.60. The van der Waals surface area contributed by atoms with Gasteiger partial charge in [0.1, 0.15) is 5.75 Å². The summed E-state index contributed by atoms with van der Waals surface area (Å²) in [5.74, 6) is -2.90. The molecular formula is C19H19ClF5NO. The van der Waals surface area contributed by atoms with Crippen LogP contribution in [0.25, 0.3) is 0 Å². The SMILES string of the molecule is CCc1cc(OCC(F)(F)CNCc2cccc(C(F)(F)F)c2)ccc1Cl. The molecule has 0 saturated carbocycles. The second-order valence-electron chi connectivity index (χ2n) is 6.05. The normalized spacial score (nSPS) is 12.3. The first-order valence-electron chi connectivity index (χ1n) is 8.26. The van der Waals surface area contributed by atoms with Crippen LogP contribution in [0.3, 0.4) is 0 Å². The summed E-state index contributed by atoms with van der Waals surface area (Å²) < 4.78 is 71.0. The van der Waals surface area contributed by atoms with Crippen LogP contribution in [0.1, 0.15) is 23.6 Å². The molecule has 0 radical (unpaired) electrons. The highest BCUT2D eigenvalue weighted by atomic mass is 35.5. The van der Waals surface area contributed by atoms with Gasteiger partial charge in [-0.05, 0) is 41.8 Å². The Morgan fingerprint density at radius 3 is 2.44 bits per heavy atom. The van der Waals surface area contributed by atoms with Gasteiger partial charge in [0.15, 0.2) is 6.61 Å². The topological polar surface area (TPSA) is 21.3 Å². The molecule has 148 valence electrons. The standard InChI is InChI=1S/C19H19ClF5NO/c1-2-14-9-16(6-7-17(14)20)27-12-18(21,22)11-26-10-13-4-3-5-15(8-13)19(23,24)25/h3-9,26H,2,10-12H2,1H3. The molecule has 2 nitrogen and oxygen atoms in total. The van der Waals surface area contributed by atoms with E-state index in [2.05, 4.69) is 5.32 Å². The lowest BCUT2D eigenvalue weighted by Crippen LogP contribution is -2.37. The number of aryl methyl sites for hydroxylation is 1. The summed E-state index contributed by atoms with van der Waals surface area (Å²) in [6.45, 7) is 0.197. The molecule has 27 heavy (non-hydrogen) atoms. The van der Waals surface area contributed by atoms with Crippen molar-refractivity contribution in [1.29, 1.82) is 0 Å². The van der Waals surface area contributed by atoms with Crippen LogP contribution in [0.15, 0.2) is 42.5 Å². The van der Waals surface area contributed by atoms with E-state index in [1.807, 2.05) is 6.92 Å². The minimum Gasteiger partial charge on any atom is -0.487 e. The van der Waals surface area contributed by atoms with Crippen molar-refractivity contribution in [2.24, 2.45) is 0 Å². The molecule has 0 aliphatic carbocycles. The van der Waals surface area contributed by atoms with E-state index >= 15 is 0 Å². The third kappa shape index (κ3) is 6.66. The zero-order valence-electron chi connectivity index (χ0n) is 14.5. The first kappa shape index (κ1) is 21.4. The Bertz CT molecular complexity index is 764. The largest absolute Gasteiger partial charge is 0.487 e. The Labute approximate surface area is 159 Å². The van der Waals surface area contributed by atoms with Crippen LogP contribution < -0.4 is 10.1 Å². The number of hydrogen-bond acceptors (Lipinski definition) is 2. The lowest BCUT2D eigenvalue weighted by Gasteiger charge is -2.18. The van der Waals surface area contributed by atoms with Gasteiger partial charge in [-0.25, -0.2) is 8.78 Å². The van der Waals surface area contributed by atoms with Gasteiger partial charge in [0.2, 0.25) is 0 Å². The maximum absolute atomic E-state index is 13.9. The summed E-state index contributed by atoms with van der Waals surface area (Å²) >= 11 is 5.97. The first-order valence-corrected chi connectivity index (χ1v) is 8.64. The van der Waals surface area contributed by atoms with Crippen molar-refractivity contribution in [3.63, 3.8) is 0 Å². The van der Waals surface area contributed by atoms with E-state index in [0.29, 0.717) is 11.4 Å². The predicted molar refractivity (Wildman–Crippen MR) is 94.4 cm³/mol. The molecule has 0 fully saturated rings. The van der Waals surface area contributed by atoms with Crippen LogP contribution in [0.2, 0.25) is 5.02 Å². The van der Waals surface area contributed by atoms with Crippen molar-refractivity contribution >= 4 is 11.6 Å². The molecule has 2 aromatic carbocycles. The molecule has 0 aliphatic rings. The van der Waals surface area contributed by atoms with Gasteiger partial charge in [-0.15, -0.1) is 0 Å². The molecule has 0 aromatic heterocycles. The minimum atomic E-state index is -4.47. The number of ether oxygens (including phenoxy) is 1. The molecule has 0 spiro atoms. The van der Waals surface area contributed by atoms with E-state index in [1.54, 1.807) is 12.1 Å². The smallest absolute Gasteiger partial charge is 0.416 e. The Morgan fingerprint density at radius 2 is 1.78 bits per heavy atom. The summed E-state index contributed by atoms with van der Waals surface area (Å²) in [6.07, 6.45) is -3.82. The van der Waals surface area contributed by atoms with Crippen molar-refractivity contribution in [2.75, 3.05) is 13.2 Å². The highest BCUT2D eigenvalue weighted by molar-refractivity contribution is 6.31. The zero-order chi connectivity index (χ0) is 20.1. The quantitative estimate of drug-likeness (QED) is 0.565. The Kier molecular flexibility index (Phi) is 7.06. The second kappa shape index (κ2) is 8.89. The van der Waals surface area contributed by atoms with Gasteiger partial charge in [0.05, 0.1) is 12.1 Å². The summed E-state index contributed by atoms with van der Waals surface area (Å²) in [5, 5.41) is 3.01. The van der Waals surface area contributed by atoms with E-state index in [-0.39, 0.29) is 17.9 Å². The Morgan fingerprint density at radius 1 is 1.04 bits per heavy atom. The molecule has 0 atom stereocenters. The average molecular weight is 408 g/mol. The van der Waals surface area contributed by atoms with Crippen molar-refractivity contribution in [1.82, 2.24) is 5.32 Å². The van der Waals surface area contributed by atoms with E-state index in [0.717, 1.165) is 17.7 Å². The van der Waals surface area contributed by atoms with E-state index in [4.69, 9.17) is 16.3 Å². The van der Waals surface area contributed by atoms with E-state index in [1.165, 1.54) is 18.2 Å². The Balaban J connectivity index is 1.86. The molecule has 1 N–H and O–H groups in total. The van der Waals surface area contributed by atoms with Crippen LogP contribution in [0.4, 0.5) is 22.0 Å². The maximum Gasteiger partial charge on any atom is 0.416 e. The van der Waals surface area contributed by atoms with E-state index < -0.39 is 30.8 Å². The monoisotopic (exact) mass is 407 g/mol. The van der Waals surface area contributed by atoms with Crippen molar-refractivity contribution in [3.05, 3.63) is 64.2 Å². The fourth-order valence-corrected chi connectivity index (χ4v) is 2.65. The van der Waals surface area contributed by atoms with Crippen LogP contribution in [0.5, 0.6) is 5.75 Å². The molecule has 0 heterocycles. The maximum atomic E-state index is 13.9. The molecule has 8 heteroatoms. The van der Waals surface area contributed by atoms with E-state index in [9.17, 15) is 22.0 Å². The first-order chi connectivity index (χ1) is 12.6. The van der Waals surface area contributed by atoms with Crippen LogP contribution >= 0.6 is 11.6 Å². The third-order valence-electron chi connectivity index (χ3n) is 3.82. The summed E-state index contributed by atoms with van der Waals surface area (Å²) in [6, 6.07) is 9.25. The molecule has 2 rings (SSSR count). The van der Waals surface area contributed by atoms with Gasteiger partial charge < -0.3 is 10.1 Å². The molecule has 0 unspecified atom stereocenters. The van der Waals surface area contributed by atoms with Gasteiger partial charge in [-0.1, -0.05) is 36.7 Å². The Hall–Kier alpha value is -1.86. The molecule has 0 aliphatic heterocycles. The highest BCUT2D eigenvalue weighted by Crippen LogP contribution is 2.29. The van der Waals surface area contributed by atoms with Gasteiger partial charge >= 0.3 is 6.18 Å². The second-order valence-corrected chi connectivity index (χ2v) is 6.46. The lowest BCUT2D eigenvalue weighted by molar-refractivity contribution is -0.137. The van der Waals surface area contributed by atoms with Crippen molar-refractivity contribution in [2.45, 2.75) is 32.0 Å². The minimum absolute atomic E-state index is 0.111. The van der Waals surface area contributed by atoms with Crippen molar-refractivity contribution < 1.29 is 26.7 Å². The number of rotatable bonds is 8.